The van der Waals surface area contributed by atoms with Crippen molar-refractivity contribution in [2.45, 2.75) is 12.5 Å². The molecule has 1 saturated heterocycles. The molecular formula is C13H14BrN3O2. The fraction of sp³-hybridized carbons (Fsp3) is 0.385. The number of benzene rings is 1. The summed E-state index contributed by atoms with van der Waals surface area (Å²) < 4.78 is 6.26. The van der Waals surface area contributed by atoms with E-state index in [1.807, 2.05) is 24.3 Å². The van der Waals surface area contributed by atoms with Gasteiger partial charge in [0.25, 0.3) is 0 Å². The summed E-state index contributed by atoms with van der Waals surface area (Å²) in [4.78, 5) is 13.4. The van der Waals surface area contributed by atoms with Gasteiger partial charge >= 0.3 is 6.03 Å². The first kappa shape index (κ1) is 13.7. The van der Waals surface area contributed by atoms with Crippen LogP contribution in [-0.4, -0.2) is 31.1 Å². The number of methoxy groups -OCH3 is 1. The van der Waals surface area contributed by atoms with Crippen LogP contribution in [0.15, 0.2) is 22.7 Å². The molecule has 0 aromatic heterocycles. The highest BCUT2D eigenvalue weighted by Gasteiger charge is 2.31. The Bertz CT molecular complexity index is 527. The maximum absolute atomic E-state index is 11.8. The van der Waals surface area contributed by atoms with Crippen molar-refractivity contribution in [3.8, 4) is 11.8 Å². The number of nitrogens with zero attached hydrogens (tertiary/aromatic N) is 2. The zero-order valence-electron chi connectivity index (χ0n) is 10.5. The highest BCUT2D eigenvalue weighted by molar-refractivity contribution is 9.10. The minimum Gasteiger partial charge on any atom is -0.496 e. The molecule has 1 aromatic carbocycles. The van der Waals surface area contributed by atoms with Crippen LogP contribution in [0.5, 0.6) is 5.75 Å². The molecule has 1 heterocycles. The molecule has 1 aliphatic rings. The Kier molecular flexibility index (Phi) is 4.27. The van der Waals surface area contributed by atoms with Gasteiger partial charge in [-0.15, -0.1) is 0 Å². The van der Waals surface area contributed by atoms with Gasteiger partial charge in [0.1, 0.15) is 5.75 Å². The molecule has 1 aromatic rings. The minimum atomic E-state index is -0.137. The topological polar surface area (TPSA) is 65.4 Å². The van der Waals surface area contributed by atoms with Crippen LogP contribution >= 0.6 is 15.9 Å². The number of hydrogen-bond acceptors (Lipinski definition) is 3. The number of hydrogen-bond donors (Lipinski definition) is 1. The van der Waals surface area contributed by atoms with Gasteiger partial charge in [-0.3, -0.25) is 0 Å². The molecule has 1 aliphatic heterocycles. The van der Waals surface area contributed by atoms with Crippen molar-refractivity contribution in [1.29, 1.82) is 5.26 Å². The van der Waals surface area contributed by atoms with Gasteiger partial charge in [-0.2, -0.15) is 5.26 Å². The third-order valence-electron chi connectivity index (χ3n) is 3.05. The fourth-order valence-corrected chi connectivity index (χ4v) is 2.50. The molecule has 1 unspecified atom stereocenters. The van der Waals surface area contributed by atoms with Crippen LogP contribution in [0.4, 0.5) is 4.79 Å². The van der Waals surface area contributed by atoms with E-state index in [1.54, 1.807) is 12.0 Å². The molecule has 1 fully saturated rings. The molecule has 5 nitrogen and oxygen atoms in total. The number of nitrogens with one attached hydrogen (secondary N) is 1. The van der Waals surface area contributed by atoms with E-state index in [0.29, 0.717) is 19.5 Å². The number of carbonyl (C=O) groups excluding carboxylic acids is 1. The molecule has 6 heteroatoms. The van der Waals surface area contributed by atoms with Crippen LogP contribution in [0.3, 0.4) is 0 Å². The average molecular weight is 324 g/mol. The van der Waals surface area contributed by atoms with Gasteiger partial charge in [0.05, 0.1) is 25.6 Å². The van der Waals surface area contributed by atoms with E-state index in [4.69, 9.17) is 10.00 Å². The number of ether oxygens (including phenoxy) is 1. The van der Waals surface area contributed by atoms with Crippen LogP contribution in [0.1, 0.15) is 18.0 Å². The summed E-state index contributed by atoms with van der Waals surface area (Å²) in [5, 5.41) is 11.5. The van der Waals surface area contributed by atoms with Gasteiger partial charge in [0, 0.05) is 23.1 Å². The van der Waals surface area contributed by atoms with Gasteiger partial charge < -0.3 is 15.0 Å². The van der Waals surface area contributed by atoms with Crippen LogP contribution in [0.2, 0.25) is 0 Å². The Balaban J connectivity index is 2.18. The first-order valence-electron chi connectivity index (χ1n) is 5.91. The number of nitriles is 1. The maximum Gasteiger partial charge on any atom is 0.318 e. The van der Waals surface area contributed by atoms with Crippen molar-refractivity contribution in [3.05, 3.63) is 28.2 Å². The van der Waals surface area contributed by atoms with E-state index in [0.717, 1.165) is 15.8 Å². The molecule has 2 amide bonds. The first-order chi connectivity index (χ1) is 9.15. The molecule has 1 atom stereocenters. The second-order valence-corrected chi connectivity index (χ2v) is 5.16. The predicted octanol–water partition coefficient (Wildman–Crippen LogP) is 2.44. The summed E-state index contributed by atoms with van der Waals surface area (Å²) in [6.45, 7) is 1.00. The van der Waals surface area contributed by atoms with Crippen molar-refractivity contribution in [2.75, 3.05) is 20.2 Å². The summed E-state index contributed by atoms with van der Waals surface area (Å²) in [5.41, 5.74) is 0.935. The molecule has 0 aliphatic carbocycles. The van der Waals surface area contributed by atoms with Crippen molar-refractivity contribution in [2.24, 2.45) is 0 Å². The second-order valence-electron chi connectivity index (χ2n) is 4.24. The van der Waals surface area contributed by atoms with Crippen LogP contribution < -0.4 is 10.1 Å². The van der Waals surface area contributed by atoms with E-state index < -0.39 is 0 Å². The number of halogens is 1. The monoisotopic (exact) mass is 323 g/mol. The van der Waals surface area contributed by atoms with Gasteiger partial charge in [-0.05, 0) is 18.2 Å². The van der Waals surface area contributed by atoms with E-state index >= 15 is 0 Å². The molecule has 100 valence electrons. The molecular weight excluding hydrogens is 310 g/mol. The smallest absolute Gasteiger partial charge is 0.318 e. The Morgan fingerprint density at radius 1 is 1.63 bits per heavy atom. The standard InChI is InChI=1S/C13H14BrN3O2/c1-19-12-4-3-9(14)7-10(12)11-8-17(6-2-5-15)13(18)16-11/h3-4,7,11H,2,6,8H2,1H3,(H,16,18). The van der Waals surface area contributed by atoms with Crippen molar-refractivity contribution in [1.82, 2.24) is 10.2 Å². The predicted molar refractivity (Wildman–Crippen MR) is 73.8 cm³/mol. The third-order valence-corrected chi connectivity index (χ3v) is 3.54. The van der Waals surface area contributed by atoms with Crippen LogP contribution in [0.25, 0.3) is 0 Å². The molecule has 0 bridgehead atoms. The molecule has 1 N–H and O–H groups in total. The number of urea groups is 1. The summed E-state index contributed by atoms with van der Waals surface area (Å²) in [6, 6.07) is 7.50. The molecule has 19 heavy (non-hydrogen) atoms. The highest BCUT2D eigenvalue weighted by atomic mass is 79.9. The fourth-order valence-electron chi connectivity index (χ4n) is 2.12. The Labute approximate surface area is 120 Å². The summed E-state index contributed by atoms with van der Waals surface area (Å²) in [7, 11) is 1.61. The third kappa shape index (κ3) is 2.99. The van der Waals surface area contributed by atoms with Crippen LogP contribution in [0, 0.1) is 11.3 Å². The summed E-state index contributed by atoms with van der Waals surface area (Å²) >= 11 is 3.42. The lowest BCUT2D eigenvalue weighted by Crippen LogP contribution is -2.28. The Morgan fingerprint density at radius 2 is 2.42 bits per heavy atom. The average Bonchev–Trinajstić information content (AvgIpc) is 2.77. The summed E-state index contributed by atoms with van der Waals surface area (Å²) in [6.07, 6.45) is 0.343. The normalized spacial score (nSPS) is 18.1. The van der Waals surface area contributed by atoms with E-state index in [2.05, 4.69) is 21.2 Å². The lowest BCUT2D eigenvalue weighted by atomic mass is 10.1. The lowest BCUT2D eigenvalue weighted by molar-refractivity contribution is 0.218. The molecule has 0 saturated carbocycles. The highest BCUT2D eigenvalue weighted by Crippen LogP contribution is 2.31. The quantitative estimate of drug-likeness (QED) is 0.925. The Hall–Kier alpha value is -1.74. The molecule has 2 rings (SSSR count). The maximum atomic E-state index is 11.8. The Morgan fingerprint density at radius 3 is 3.11 bits per heavy atom. The molecule has 0 spiro atoms. The summed E-state index contributed by atoms with van der Waals surface area (Å²) in [5.74, 6) is 0.746. The SMILES string of the molecule is COc1ccc(Br)cc1C1CN(CCC#N)C(=O)N1. The number of amides is 2. The van der Waals surface area contributed by atoms with E-state index in [1.165, 1.54) is 0 Å². The van der Waals surface area contributed by atoms with Gasteiger partial charge in [-0.25, -0.2) is 4.79 Å². The van der Waals surface area contributed by atoms with Crippen LogP contribution in [-0.2, 0) is 0 Å². The van der Waals surface area contributed by atoms with Crippen molar-refractivity contribution >= 4 is 22.0 Å². The van der Waals surface area contributed by atoms with Gasteiger partial charge in [0.15, 0.2) is 0 Å². The number of carbonyl (C=O) groups is 1. The lowest BCUT2D eigenvalue weighted by Gasteiger charge is -2.15. The van der Waals surface area contributed by atoms with Gasteiger partial charge in [-0.1, -0.05) is 15.9 Å². The minimum absolute atomic E-state index is 0.112. The van der Waals surface area contributed by atoms with E-state index in [-0.39, 0.29) is 12.1 Å². The van der Waals surface area contributed by atoms with E-state index in [9.17, 15) is 4.79 Å². The molecule has 0 radical (unpaired) electrons. The van der Waals surface area contributed by atoms with Gasteiger partial charge in [0.2, 0.25) is 0 Å². The zero-order valence-corrected chi connectivity index (χ0v) is 12.1. The number of rotatable bonds is 4. The second kappa shape index (κ2) is 5.93. The largest absolute Gasteiger partial charge is 0.496 e. The zero-order chi connectivity index (χ0) is 13.8. The first-order valence-corrected chi connectivity index (χ1v) is 6.71. The van der Waals surface area contributed by atoms with Crippen molar-refractivity contribution < 1.29 is 9.53 Å². The van der Waals surface area contributed by atoms with Crippen molar-refractivity contribution in [3.63, 3.8) is 0 Å².